The Labute approximate surface area is 201 Å². The van der Waals surface area contributed by atoms with Crippen molar-refractivity contribution < 1.29 is 13.2 Å². The van der Waals surface area contributed by atoms with E-state index in [1.165, 1.54) is 6.26 Å². The molecule has 2 aliphatic heterocycles. The second-order valence-electron chi connectivity index (χ2n) is 9.80. The van der Waals surface area contributed by atoms with E-state index in [1.54, 1.807) is 4.31 Å². The molecule has 0 bridgehead atoms. The Morgan fingerprint density at radius 1 is 1.00 bits per heavy atom. The number of hydrogen-bond donors (Lipinski definition) is 1. The van der Waals surface area contributed by atoms with Gasteiger partial charge in [-0.15, -0.1) is 0 Å². The molecule has 2 heterocycles. The molecule has 0 aliphatic carbocycles. The number of piperidine rings is 1. The molecule has 2 aliphatic rings. The van der Waals surface area contributed by atoms with Crippen molar-refractivity contribution in [2.45, 2.75) is 31.2 Å². The number of rotatable bonds is 5. The van der Waals surface area contributed by atoms with Crippen molar-refractivity contribution in [3.63, 3.8) is 0 Å². The van der Waals surface area contributed by atoms with Gasteiger partial charge < -0.3 is 10.2 Å². The molecule has 0 aromatic heterocycles. The lowest BCUT2D eigenvalue weighted by atomic mass is 9.74. The van der Waals surface area contributed by atoms with Crippen molar-refractivity contribution >= 4 is 32.4 Å². The van der Waals surface area contributed by atoms with Gasteiger partial charge in [-0.2, -0.15) is 0 Å². The first kappa shape index (κ1) is 22.9. The number of carbonyl (C=O) groups is 1. The minimum absolute atomic E-state index is 0.0106. The molecule has 34 heavy (non-hydrogen) atoms. The van der Waals surface area contributed by atoms with Crippen molar-refractivity contribution in [2.24, 2.45) is 0 Å². The average Bonchev–Trinajstić information content (AvgIpc) is 3.15. The molecule has 3 aromatic carbocycles. The molecule has 1 saturated heterocycles. The second kappa shape index (κ2) is 8.71. The third-order valence-corrected chi connectivity index (χ3v) is 8.45. The minimum atomic E-state index is -3.31. The summed E-state index contributed by atoms with van der Waals surface area (Å²) in [6.07, 6.45) is 3.10. The van der Waals surface area contributed by atoms with E-state index in [1.807, 2.05) is 67.6 Å². The van der Waals surface area contributed by atoms with Gasteiger partial charge in [-0.25, -0.2) is 8.42 Å². The number of nitrogens with one attached hydrogen (secondary N) is 1. The van der Waals surface area contributed by atoms with Crippen LogP contribution in [0, 0.1) is 0 Å². The van der Waals surface area contributed by atoms with E-state index in [2.05, 4.69) is 16.3 Å². The van der Waals surface area contributed by atoms with Crippen LogP contribution in [0.5, 0.6) is 0 Å². The molecule has 0 saturated carbocycles. The number of amides is 1. The van der Waals surface area contributed by atoms with Gasteiger partial charge in [-0.3, -0.25) is 9.10 Å². The van der Waals surface area contributed by atoms with Gasteiger partial charge in [0.05, 0.1) is 11.9 Å². The highest BCUT2D eigenvalue weighted by Crippen LogP contribution is 2.47. The van der Waals surface area contributed by atoms with Crippen LogP contribution in [0.4, 0.5) is 5.69 Å². The molecular weight excluding hydrogens is 446 g/mol. The van der Waals surface area contributed by atoms with E-state index in [9.17, 15) is 13.2 Å². The van der Waals surface area contributed by atoms with Crippen LogP contribution >= 0.6 is 0 Å². The maximum absolute atomic E-state index is 12.8. The maximum atomic E-state index is 12.8. The van der Waals surface area contributed by atoms with Gasteiger partial charge in [-0.05, 0) is 67.4 Å². The number of benzene rings is 3. The van der Waals surface area contributed by atoms with Gasteiger partial charge in [0.1, 0.15) is 0 Å². The summed E-state index contributed by atoms with van der Waals surface area (Å²) < 4.78 is 26.4. The minimum Gasteiger partial charge on any atom is -0.348 e. The molecule has 0 unspecified atom stereocenters. The van der Waals surface area contributed by atoms with E-state index in [0.717, 1.165) is 54.5 Å². The van der Waals surface area contributed by atoms with Gasteiger partial charge >= 0.3 is 0 Å². The van der Waals surface area contributed by atoms with Crippen LogP contribution in [0.2, 0.25) is 0 Å². The smallest absolute Gasteiger partial charge is 0.251 e. The molecule has 1 spiro atoms. The van der Waals surface area contributed by atoms with E-state index >= 15 is 0 Å². The van der Waals surface area contributed by atoms with E-state index in [-0.39, 0.29) is 17.4 Å². The fraction of sp³-hybridized carbons (Fsp3) is 0.370. The Balaban J connectivity index is 1.21. The summed E-state index contributed by atoms with van der Waals surface area (Å²) in [6.45, 7) is 5.09. The van der Waals surface area contributed by atoms with Crippen molar-refractivity contribution in [2.75, 3.05) is 36.7 Å². The van der Waals surface area contributed by atoms with Crippen LogP contribution in [-0.4, -0.2) is 57.7 Å². The molecular formula is C27H31N3O3S. The summed E-state index contributed by atoms with van der Waals surface area (Å²) in [5.41, 5.74) is 2.52. The molecule has 7 heteroatoms. The largest absolute Gasteiger partial charge is 0.348 e. The third-order valence-electron chi connectivity index (χ3n) is 7.33. The predicted octanol–water partition coefficient (Wildman–Crippen LogP) is 3.77. The lowest BCUT2D eigenvalue weighted by Crippen LogP contribution is -2.49. The zero-order valence-corrected chi connectivity index (χ0v) is 20.5. The molecule has 5 rings (SSSR count). The van der Waals surface area contributed by atoms with Gasteiger partial charge in [0.2, 0.25) is 10.0 Å². The molecule has 6 nitrogen and oxygen atoms in total. The van der Waals surface area contributed by atoms with Gasteiger partial charge in [0.25, 0.3) is 5.91 Å². The summed E-state index contributed by atoms with van der Waals surface area (Å²) >= 11 is 0. The van der Waals surface area contributed by atoms with Crippen molar-refractivity contribution in [1.82, 2.24) is 10.2 Å². The van der Waals surface area contributed by atoms with Crippen LogP contribution in [0.25, 0.3) is 10.8 Å². The SMILES string of the molecule is C[C@@H](CN1CCC2(CC1)CN(S(C)(=O)=O)c1ccccc12)NC(=O)c1ccc2ccccc2c1. The fourth-order valence-electron chi connectivity index (χ4n) is 5.54. The van der Waals surface area contributed by atoms with Crippen LogP contribution in [0.3, 0.4) is 0 Å². The van der Waals surface area contributed by atoms with Crippen LogP contribution in [0.1, 0.15) is 35.7 Å². The molecule has 1 fully saturated rings. The Hall–Kier alpha value is -2.90. The number of anilines is 1. The normalized spacial score (nSPS) is 18.7. The average molecular weight is 478 g/mol. The molecule has 1 amide bonds. The Morgan fingerprint density at radius 2 is 1.68 bits per heavy atom. The summed E-state index contributed by atoms with van der Waals surface area (Å²) in [6, 6.07) is 21.8. The highest BCUT2D eigenvalue weighted by molar-refractivity contribution is 7.92. The van der Waals surface area contributed by atoms with Crippen molar-refractivity contribution in [3.8, 4) is 0 Å². The number of para-hydroxylation sites is 1. The van der Waals surface area contributed by atoms with E-state index in [4.69, 9.17) is 0 Å². The number of nitrogens with zero attached hydrogens (tertiary/aromatic N) is 2. The van der Waals surface area contributed by atoms with Crippen LogP contribution < -0.4 is 9.62 Å². The summed E-state index contributed by atoms with van der Waals surface area (Å²) in [5.74, 6) is -0.0553. The first-order valence-corrected chi connectivity index (χ1v) is 13.7. The standard InChI is InChI=1S/C27H31N3O3S/c1-20(28-26(31)23-12-11-21-7-3-4-8-22(21)17-23)18-29-15-13-27(14-16-29)19-30(34(2,32)33)25-10-6-5-9-24(25)27/h3-12,17,20H,13-16,18-19H2,1-2H3,(H,28,31)/t20-/m0/s1. The molecule has 1 N–H and O–H groups in total. The monoisotopic (exact) mass is 477 g/mol. The van der Waals surface area contributed by atoms with Gasteiger partial charge in [-0.1, -0.05) is 48.5 Å². The number of carbonyl (C=O) groups excluding carboxylic acids is 1. The highest BCUT2D eigenvalue weighted by atomic mass is 32.2. The summed E-state index contributed by atoms with van der Waals surface area (Å²) in [7, 11) is -3.31. The van der Waals surface area contributed by atoms with Crippen molar-refractivity contribution in [1.29, 1.82) is 0 Å². The van der Waals surface area contributed by atoms with Gasteiger partial charge in [0, 0.05) is 30.1 Å². The van der Waals surface area contributed by atoms with Crippen LogP contribution in [-0.2, 0) is 15.4 Å². The van der Waals surface area contributed by atoms with Gasteiger partial charge in [0.15, 0.2) is 0 Å². The number of fused-ring (bicyclic) bond motifs is 3. The van der Waals surface area contributed by atoms with Crippen LogP contribution in [0.15, 0.2) is 66.7 Å². The first-order valence-electron chi connectivity index (χ1n) is 11.8. The quantitative estimate of drug-likeness (QED) is 0.607. The zero-order valence-electron chi connectivity index (χ0n) is 19.7. The summed E-state index contributed by atoms with van der Waals surface area (Å²) in [5, 5.41) is 5.33. The number of sulfonamides is 1. The molecule has 178 valence electrons. The molecule has 3 aromatic rings. The van der Waals surface area contributed by atoms with E-state index < -0.39 is 10.0 Å². The Bertz CT molecular complexity index is 1330. The lowest BCUT2D eigenvalue weighted by molar-refractivity contribution is 0.0917. The Kier molecular flexibility index (Phi) is 5.86. The fourth-order valence-corrected chi connectivity index (χ4v) is 6.54. The number of hydrogen-bond acceptors (Lipinski definition) is 4. The maximum Gasteiger partial charge on any atom is 0.251 e. The molecule has 1 atom stereocenters. The summed E-state index contributed by atoms with van der Waals surface area (Å²) in [4.78, 5) is 15.2. The second-order valence-corrected chi connectivity index (χ2v) is 11.7. The topological polar surface area (TPSA) is 69.7 Å². The number of likely N-dealkylation sites (tertiary alicyclic amines) is 1. The molecule has 0 radical (unpaired) electrons. The third kappa shape index (κ3) is 4.30. The Morgan fingerprint density at radius 3 is 2.41 bits per heavy atom. The lowest BCUT2D eigenvalue weighted by Gasteiger charge is -2.40. The predicted molar refractivity (Wildman–Crippen MR) is 137 cm³/mol. The van der Waals surface area contributed by atoms with Crippen molar-refractivity contribution in [3.05, 3.63) is 77.9 Å². The highest BCUT2D eigenvalue weighted by Gasteiger charge is 2.46. The zero-order chi connectivity index (χ0) is 23.9. The first-order chi connectivity index (χ1) is 16.2. The van der Waals surface area contributed by atoms with E-state index in [0.29, 0.717) is 12.1 Å².